The van der Waals surface area contributed by atoms with Crippen LogP contribution in [0.25, 0.3) is 0 Å². The van der Waals surface area contributed by atoms with Crippen molar-refractivity contribution < 1.29 is 9.47 Å². The van der Waals surface area contributed by atoms with E-state index in [4.69, 9.17) is 15.9 Å². The standard InChI is InChI=1S/C16H20N2O2/c1-2-7-18-8-5-13(6-9-18)17-14-3-4-15-16(12-14)20-11-10-19-15/h1,3-4,12-13,17H,5-11H2. The molecule has 0 bridgehead atoms. The largest absolute Gasteiger partial charge is 0.486 e. The third-order valence-corrected chi connectivity index (χ3v) is 3.82. The van der Waals surface area contributed by atoms with Gasteiger partial charge < -0.3 is 14.8 Å². The molecule has 2 aliphatic rings. The lowest BCUT2D eigenvalue weighted by Gasteiger charge is -2.31. The van der Waals surface area contributed by atoms with Crippen LogP contribution >= 0.6 is 0 Å². The molecule has 1 fully saturated rings. The number of hydrogen-bond donors (Lipinski definition) is 1. The van der Waals surface area contributed by atoms with Gasteiger partial charge in [0, 0.05) is 30.9 Å². The van der Waals surface area contributed by atoms with Crippen LogP contribution in [0.5, 0.6) is 11.5 Å². The van der Waals surface area contributed by atoms with Gasteiger partial charge in [-0.1, -0.05) is 5.92 Å². The zero-order valence-corrected chi connectivity index (χ0v) is 11.6. The van der Waals surface area contributed by atoms with Crippen LogP contribution in [0.15, 0.2) is 18.2 Å². The Morgan fingerprint density at radius 3 is 2.70 bits per heavy atom. The van der Waals surface area contributed by atoms with E-state index in [1.807, 2.05) is 12.1 Å². The molecule has 0 amide bonds. The molecule has 1 aromatic rings. The molecule has 0 aromatic heterocycles. The summed E-state index contributed by atoms with van der Waals surface area (Å²) in [5.41, 5.74) is 1.10. The molecule has 4 nitrogen and oxygen atoms in total. The summed E-state index contributed by atoms with van der Waals surface area (Å²) in [6.07, 6.45) is 7.59. The first-order chi connectivity index (χ1) is 9.85. The SMILES string of the molecule is C#CCN1CCC(Nc2ccc3c(c2)OCCO3)CC1. The van der Waals surface area contributed by atoms with Crippen LogP contribution < -0.4 is 14.8 Å². The predicted octanol–water partition coefficient (Wildman–Crippen LogP) is 1.97. The fourth-order valence-corrected chi connectivity index (χ4v) is 2.73. The van der Waals surface area contributed by atoms with Gasteiger partial charge in [0.05, 0.1) is 6.54 Å². The zero-order chi connectivity index (χ0) is 13.8. The van der Waals surface area contributed by atoms with Crippen LogP contribution in [0.2, 0.25) is 0 Å². The normalized spacial score (nSPS) is 19.4. The van der Waals surface area contributed by atoms with E-state index in [0.29, 0.717) is 19.3 Å². The van der Waals surface area contributed by atoms with Gasteiger partial charge in [-0.05, 0) is 25.0 Å². The fourth-order valence-electron chi connectivity index (χ4n) is 2.73. The highest BCUT2D eigenvalue weighted by atomic mass is 16.6. The molecule has 1 aromatic carbocycles. The van der Waals surface area contributed by atoms with Crippen LogP contribution in [-0.2, 0) is 0 Å². The van der Waals surface area contributed by atoms with Gasteiger partial charge in [0.1, 0.15) is 13.2 Å². The number of likely N-dealkylation sites (tertiary alicyclic amines) is 1. The first kappa shape index (κ1) is 13.1. The Morgan fingerprint density at radius 2 is 1.95 bits per heavy atom. The minimum atomic E-state index is 0.506. The lowest BCUT2D eigenvalue weighted by Crippen LogP contribution is -2.39. The van der Waals surface area contributed by atoms with Crippen LogP contribution in [0, 0.1) is 12.3 Å². The fraction of sp³-hybridized carbons (Fsp3) is 0.500. The van der Waals surface area contributed by atoms with Gasteiger partial charge in [-0.2, -0.15) is 0 Å². The molecular weight excluding hydrogens is 252 g/mol. The second kappa shape index (κ2) is 6.06. The van der Waals surface area contributed by atoms with E-state index in [2.05, 4.69) is 22.2 Å². The number of terminal acetylenes is 1. The molecule has 0 spiro atoms. The molecule has 1 saturated heterocycles. The van der Waals surface area contributed by atoms with Gasteiger partial charge in [0.15, 0.2) is 11.5 Å². The molecule has 0 radical (unpaired) electrons. The summed E-state index contributed by atoms with van der Waals surface area (Å²) in [4.78, 5) is 2.32. The van der Waals surface area contributed by atoms with Gasteiger partial charge in [-0.25, -0.2) is 0 Å². The predicted molar refractivity (Wildman–Crippen MR) is 79.3 cm³/mol. The number of nitrogens with one attached hydrogen (secondary N) is 1. The van der Waals surface area contributed by atoms with Crippen LogP contribution in [0.1, 0.15) is 12.8 Å². The number of nitrogens with zero attached hydrogens (tertiary/aromatic N) is 1. The van der Waals surface area contributed by atoms with E-state index in [0.717, 1.165) is 49.7 Å². The Bertz CT molecular complexity index is 502. The number of piperidine rings is 1. The molecule has 2 heterocycles. The first-order valence-corrected chi connectivity index (χ1v) is 7.17. The third-order valence-electron chi connectivity index (χ3n) is 3.82. The zero-order valence-electron chi connectivity index (χ0n) is 11.6. The highest BCUT2D eigenvalue weighted by molar-refractivity contribution is 5.55. The van der Waals surface area contributed by atoms with E-state index in [1.165, 1.54) is 0 Å². The molecule has 106 valence electrons. The van der Waals surface area contributed by atoms with Gasteiger partial charge in [-0.15, -0.1) is 6.42 Å². The average Bonchev–Trinajstić information content (AvgIpc) is 2.49. The molecule has 0 unspecified atom stereocenters. The number of anilines is 1. The van der Waals surface area contributed by atoms with E-state index >= 15 is 0 Å². The van der Waals surface area contributed by atoms with Crippen molar-refractivity contribution in [3.8, 4) is 23.8 Å². The Labute approximate surface area is 120 Å². The molecule has 3 rings (SSSR count). The number of hydrogen-bond acceptors (Lipinski definition) is 4. The lowest BCUT2D eigenvalue weighted by molar-refractivity contribution is 0.171. The molecule has 1 N–H and O–H groups in total. The van der Waals surface area contributed by atoms with Crippen molar-refractivity contribution in [3.05, 3.63) is 18.2 Å². The van der Waals surface area contributed by atoms with Crippen molar-refractivity contribution in [1.29, 1.82) is 0 Å². The van der Waals surface area contributed by atoms with Crippen LogP contribution in [0.4, 0.5) is 5.69 Å². The van der Waals surface area contributed by atoms with Crippen molar-refractivity contribution in [3.63, 3.8) is 0 Å². The molecule has 0 atom stereocenters. The Morgan fingerprint density at radius 1 is 1.20 bits per heavy atom. The number of fused-ring (bicyclic) bond motifs is 1. The third kappa shape index (κ3) is 3.00. The van der Waals surface area contributed by atoms with E-state index < -0.39 is 0 Å². The highest BCUT2D eigenvalue weighted by Gasteiger charge is 2.19. The van der Waals surface area contributed by atoms with Crippen LogP contribution in [-0.4, -0.2) is 43.8 Å². The Kier molecular flexibility index (Phi) is 3.98. The van der Waals surface area contributed by atoms with Gasteiger partial charge in [-0.3, -0.25) is 4.90 Å². The monoisotopic (exact) mass is 272 g/mol. The molecule has 20 heavy (non-hydrogen) atoms. The minimum Gasteiger partial charge on any atom is -0.486 e. The van der Waals surface area contributed by atoms with Crippen LogP contribution in [0.3, 0.4) is 0 Å². The Balaban J connectivity index is 1.57. The van der Waals surface area contributed by atoms with Crippen molar-refractivity contribution in [2.75, 3.05) is 38.2 Å². The summed E-state index contributed by atoms with van der Waals surface area (Å²) in [5.74, 6) is 4.39. The topological polar surface area (TPSA) is 33.7 Å². The summed E-state index contributed by atoms with van der Waals surface area (Å²) >= 11 is 0. The Hall–Kier alpha value is -1.86. The van der Waals surface area contributed by atoms with Gasteiger partial charge in [0.2, 0.25) is 0 Å². The molecule has 0 aliphatic carbocycles. The van der Waals surface area contributed by atoms with Crippen molar-refractivity contribution >= 4 is 5.69 Å². The van der Waals surface area contributed by atoms with Crippen molar-refractivity contribution in [2.24, 2.45) is 0 Å². The second-order valence-corrected chi connectivity index (χ2v) is 5.26. The summed E-state index contributed by atoms with van der Waals surface area (Å²) in [6, 6.07) is 6.57. The number of rotatable bonds is 3. The summed E-state index contributed by atoms with van der Waals surface area (Å²) in [5, 5.41) is 3.58. The van der Waals surface area contributed by atoms with Crippen molar-refractivity contribution in [1.82, 2.24) is 4.90 Å². The number of ether oxygens (including phenoxy) is 2. The van der Waals surface area contributed by atoms with Gasteiger partial charge >= 0.3 is 0 Å². The van der Waals surface area contributed by atoms with Crippen molar-refractivity contribution in [2.45, 2.75) is 18.9 Å². The smallest absolute Gasteiger partial charge is 0.163 e. The molecular formula is C16H20N2O2. The minimum absolute atomic E-state index is 0.506. The average molecular weight is 272 g/mol. The van der Waals surface area contributed by atoms with E-state index in [9.17, 15) is 0 Å². The first-order valence-electron chi connectivity index (χ1n) is 7.17. The maximum Gasteiger partial charge on any atom is 0.163 e. The highest BCUT2D eigenvalue weighted by Crippen LogP contribution is 2.33. The lowest BCUT2D eigenvalue weighted by atomic mass is 10.0. The summed E-state index contributed by atoms with van der Waals surface area (Å²) < 4.78 is 11.1. The molecule has 4 heteroatoms. The second-order valence-electron chi connectivity index (χ2n) is 5.26. The summed E-state index contributed by atoms with van der Waals surface area (Å²) in [6.45, 7) is 4.14. The van der Waals surface area contributed by atoms with Gasteiger partial charge in [0.25, 0.3) is 0 Å². The summed E-state index contributed by atoms with van der Waals surface area (Å²) in [7, 11) is 0. The maximum atomic E-state index is 5.61. The van der Waals surface area contributed by atoms with E-state index in [-0.39, 0.29) is 0 Å². The number of benzene rings is 1. The maximum absolute atomic E-state index is 5.61. The molecule has 0 saturated carbocycles. The molecule has 2 aliphatic heterocycles. The quantitative estimate of drug-likeness (QED) is 0.853. The van der Waals surface area contributed by atoms with E-state index in [1.54, 1.807) is 0 Å².